The maximum Gasteiger partial charge on any atom is 0.358 e. The normalized spacial score (nSPS) is 10.6. The SMILES string of the molecule is CSCCCn1nnc(C(=O)O)c1-c1ccncc1. The number of nitrogens with zero attached hydrogens (tertiary/aromatic N) is 4. The summed E-state index contributed by atoms with van der Waals surface area (Å²) in [5, 5.41) is 16.9. The maximum absolute atomic E-state index is 11.2. The second-order valence-corrected chi connectivity index (χ2v) is 4.88. The molecule has 0 fully saturated rings. The highest BCUT2D eigenvalue weighted by atomic mass is 32.2. The summed E-state index contributed by atoms with van der Waals surface area (Å²) >= 11 is 1.75. The van der Waals surface area contributed by atoms with Crippen LogP contribution in [0.1, 0.15) is 16.9 Å². The Balaban J connectivity index is 2.37. The highest BCUT2D eigenvalue weighted by molar-refractivity contribution is 7.98. The molecule has 0 amide bonds. The fraction of sp³-hybridized carbons (Fsp3) is 0.333. The average Bonchev–Trinajstić information content (AvgIpc) is 2.84. The van der Waals surface area contributed by atoms with Gasteiger partial charge in [-0.25, -0.2) is 9.48 Å². The number of rotatable bonds is 6. The first-order valence-electron chi connectivity index (χ1n) is 5.80. The third-order valence-electron chi connectivity index (χ3n) is 2.61. The Morgan fingerprint density at radius 3 is 2.79 bits per heavy atom. The van der Waals surface area contributed by atoms with Crippen LogP contribution in [0, 0.1) is 0 Å². The molecule has 0 aliphatic rings. The predicted octanol–water partition coefficient (Wildman–Crippen LogP) is 1.79. The molecule has 2 rings (SSSR count). The first-order valence-corrected chi connectivity index (χ1v) is 7.19. The Kier molecular flexibility index (Phi) is 4.51. The van der Waals surface area contributed by atoms with E-state index in [2.05, 4.69) is 15.3 Å². The number of aromatic carboxylic acids is 1. The van der Waals surface area contributed by atoms with Gasteiger partial charge in [-0.3, -0.25) is 4.98 Å². The van der Waals surface area contributed by atoms with Gasteiger partial charge in [-0.2, -0.15) is 11.8 Å². The number of pyridine rings is 1. The highest BCUT2D eigenvalue weighted by Crippen LogP contribution is 2.22. The summed E-state index contributed by atoms with van der Waals surface area (Å²) in [7, 11) is 0. The van der Waals surface area contributed by atoms with Crippen LogP contribution in [0.4, 0.5) is 0 Å². The van der Waals surface area contributed by atoms with Crippen molar-refractivity contribution in [3.05, 3.63) is 30.2 Å². The fourth-order valence-electron chi connectivity index (χ4n) is 1.77. The lowest BCUT2D eigenvalue weighted by atomic mass is 10.1. The average molecular weight is 278 g/mol. The van der Waals surface area contributed by atoms with Crippen LogP contribution in [0.15, 0.2) is 24.5 Å². The number of carboxylic acids is 1. The smallest absolute Gasteiger partial charge is 0.358 e. The monoisotopic (exact) mass is 278 g/mol. The Morgan fingerprint density at radius 1 is 1.42 bits per heavy atom. The number of carbonyl (C=O) groups is 1. The zero-order chi connectivity index (χ0) is 13.7. The van der Waals surface area contributed by atoms with E-state index in [0.29, 0.717) is 12.2 Å². The Bertz CT molecular complexity index is 556. The van der Waals surface area contributed by atoms with Crippen molar-refractivity contribution in [2.45, 2.75) is 13.0 Å². The van der Waals surface area contributed by atoms with E-state index in [-0.39, 0.29) is 5.69 Å². The fourth-order valence-corrected chi connectivity index (χ4v) is 2.19. The van der Waals surface area contributed by atoms with Crippen LogP contribution in [0.2, 0.25) is 0 Å². The molecule has 2 aromatic rings. The number of hydrogen-bond donors (Lipinski definition) is 1. The topological polar surface area (TPSA) is 80.9 Å². The third kappa shape index (κ3) is 3.11. The summed E-state index contributed by atoms with van der Waals surface area (Å²) in [4.78, 5) is 15.1. The van der Waals surface area contributed by atoms with E-state index in [1.807, 2.05) is 6.26 Å². The summed E-state index contributed by atoms with van der Waals surface area (Å²) in [6.45, 7) is 0.652. The van der Waals surface area contributed by atoms with Crippen molar-refractivity contribution in [3.8, 4) is 11.3 Å². The Morgan fingerprint density at radius 2 is 2.16 bits per heavy atom. The summed E-state index contributed by atoms with van der Waals surface area (Å²) in [6, 6.07) is 3.52. The van der Waals surface area contributed by atoms with Crippen LogP contribution in [0.25, 0.3) is 11.3 Å². The second-order valence-electron chi connectivity index (χ2n) is 3.90. The van der Waals surface area contributed by atoms with Gasteiger partial charge in [-0.05, 0) is 30.6 Å². The summed E-state index contributed by atoms with van der Waals surface area (Å²) < 4.78 is 1.65. The molecule has 0 aliphatic heterocycles. The maximum atomic E-state index is 11.2. The van der Waals surface area contributed by atoms with Crippen LogP contribution in [0.3, 0.4) is 0 Å². The van der Waals surface area contributed by atoms with E-state index in [1.165, 1.54) is 0 Å². The Hall–Kier alpha value is -1.89. The molecule has 0 saturated heterocycles. The first kappa shape index (κ1) is 13.5. The van der Waals surface area contributed by atoms with Crippen LogP contribution in [-0.4, -0.2) is 43.1 Å². The molecule has 0 bridgehead atoms. The zero-order valence-electron chi connectivity index (χ0n) is 10.5. The van der Waals surface area contributed by atoms with Gasteiger partial charge in [0.05, 0.1) is 0 Å². The Labute approximate surface area is 114 Å². The lowest BCUT2D eigenvalue weighted by Gasteiger charge is -2.06. The molecule has 2 aromatic heterocycles. The molecule has 0 aromatic carbocycles. The molecule has 7 heteroatoms. The number of aromatic nitrogens is 4. The molecule has 0 unspecified atom stereocenters. The van der Waals surface area contributed by atoms with Crippen molar-refractivity contribution in [1.82, 2.24) is 20.0 Å². The summed E-state index contributed by atoms with van der Waals surface area (Å²) in [5.41, 5.74) is 1.29. The standard InChI is InChI=1S/C12H14N4O2S/c1-19-8-2-7-16-11(9-3-5-13-6-4-9)10(12(17)18)14-15-16/h3-6H,2,7-8H2,1H3,(H,17,18). The second kappa shape index (κ2) is 6.33. The van der Waals surface area contributed by atoms with E-state index in [0.717, 1.165) is 17.7 Å². The van der Waals surface area contributed by atoms with Crippen molar-refractivity contribution in [2.75, 3.05) is 12.0 Å². The van der Waals surface area contributed by atoms with Gasteiger partial charge in [-0.15, -0.1) is 5.10 Å². The van der Waals surface area contributed by atoms with Crippen molar-refractivity contribution >= 4 is 17.7 Å². The number of thioether (sulfide) groups is 1. The van der Waals surface area contributed by atoms with Crippen molar-refractivity contribution in [3.63, 3.8) is 0 Å². The van der Waals surface area contributed by atoms with E-state index in [4.69, 9.17) is 0 Å². The van der Waals surface area contributed by atoms with Gasteiger partial charge in [0.2, 0.25) is 0 Å². The lowest BCUT2D eigenvalue weighted by Crippen LogP contribution is -2.06. The first-order chi connectivity index (χ1) is 9.24. The molecule has 0 radical (unpaired) electrons. The van der Waals surface area contributed by atoms with Gasteiger partial charge in [0.1, 0.15) is 5.69 Å². The highest BCUT2D eigenvalue weighted by Gasteiger charge is 2.20. The molecule has 0 atom stereocenters. The predicted molar refractivity (Wildman–Crippen MR) is 73.2 cm³/mol. The summed E-state index contributed by atoms with van der Waals surface area (Å²) in [6.07, 6.45) is 6.20. The van der Waals surface area contributed by atoms with E-state index in [1.54, 1.807) is 41.0 Å². The van der Waals surface area contributed by atoms with Gasteiger partial charge in [0, 0.05) is 24.5 Å². The van der Waals surface area contributed by atoms with Crippen molar-refractivity contribution < 1.29 is 9.90 Å². The lowest BCUT2D eigenvalue weighted by molar-refractivity contribution is 0.0691. The molecular formula is C12H14N4O2S. The molecule has 6 nitrogen and oxygen atoms in total. The van der Waals surface area contributed by atoms with E-state index >= 15 is 0 Å². The van der Waals surface area contributed by atoms with E-state index in [9.17, 15) is 9.90 Å². The van der Waals surface area contributed by atoms with Gasteiger partial charge in [0.25, 0.3) is 0 Å². The van der Waals surface area contributed by atoms with E-state index < -0.39 is 5.97 Å². The zero-order valence-corrected chi connectivity index (χ0v) is 11.3. The van der Waals surface area contributed by atoms with Gasteiger partial charge in [0.15, 0.2) is 5.69 Å². The van der Waals surface area contributed by atoms with Crippen LogP contribution < -0.4 is 0 Å². The molecular weight excluding hydrogens is 264 g/mol. The van der Waals surface area contributed by atoms with Crippen molar-refractivity contribution in [2.24, 2.45) is 0 Å². The molecule has 19 heavy (non-hydrogen) atoms. The van der Waals surface area contributed by atoms with Crippen LogP contribution >= 0.6 is 11.8 Å². The summed E-state index contributed by atoms with van der Waals surface area (Å²) in [5.74, 6) is -0.0687. The van der Waals surface area contributed by atoms with Gasteiger partial charge < -0.3 is 5.11 Å². The van der Waals surface area contributed by atoms with Crippen LogP contribution in [0.5, 0.6) is 0 Å². The number of aryl methyl sites for hydroxylation is 1. The largest absolute Gasteiger partial charge is 0.476 e. The van der Waals surface area contributed by atoms with Gasteiger partial charge >= 0.3 is 5.97 Å². The number of hydrogen-bond acceptors (Lipinski definition) is 5. The van der Waals surface area contributed by atoms with Gasteiger partial charge in [-0.1, -0.05) is 5.21 Å². The molecule has 0 spiro atoms. The third-order valence-corrected chi connectivity index (χ3v) is 3.31. The van der Waals surface area contributed by atoms with Crippen LogP contribution in [-0.2, 0) is 6.54 Å². The molecule has 1 N–H and O–H groups in total. The number of carboxylic acid groups (broad SMARTS) is 1. The molecule has 100 valence electrons. The molecule has 2 heterocycles. The molecule has 0 aliphatic carbocycles. The quantitative estimate of drug-likeness (QED) is 0.811. The minimum absolute atomic E-state index is 0.0182. The van der Waals surface area contributed by atoms with Crippen molar-refractivity contribution in [1.29, 1.82) is 0 Å². The molecule has 0 saturated carbocycles. The minimum Gasteiger partial charge on any atom is -0.476 e. The minimum atomic E-state index is -1.07.